The lowest BCUT2D eigenvalue weighted by Gasteiger charge is -2.22. The monoisotopic (exact) mass is 249 g/mol. The van der Waals surface area contributed by atoms with E-state index in [4.69, 9.17) is 0 Å². The summed E-state index contributed by atoms with van der Waals surface area (Å²) in [5.41, 5.74) is -0.161. The fraction of sp³-hybridized carbons (Fsp3) is 0.417. The van der Waals surface area contributed by atoms with Crippen molar-refractivity contribution in [3.05, 3.63) is 34.4 Å². The van der Waals surface area contributed by atoms with Crippen molar-refractivity contribution >= 4 is 17.3 Å². The van der Waals surface area contributed by atoms with Crippen LogP contribution < -0.4 is 10.6 Å². The molecule has 6 heteroatoms. The molecule has 1 fully saturated rings. The quantitative estimate of drug-likeness (QED) is 0.630. The fourth-order valence-corrected chi connectivity index (χ4v) is 2.05. The van der Waals surface area contributed by atoms with E-state index in [1.165, 1.54) is 12.1 Å². The molecule has 96 valence electrons. The molecule has 1 aromatic rings. The summed E-state index contributed by atoms with van der Waals surface area (Å²) >= 11 is 0. The molecule has 2 N–H and O–H groups in total. The molecule has 0 aromatic heterocycles. The minimum absolute atomic E-state index is 0.0302. The number of non-ortho nitro benzene ring substituents is 1. The summed E-state index contributed by atoms with van der Waals surface area (Å²) < 4.78 is 0. The number of amides is 1. The van der Waals surface area contributed by atoms with Gasteiger partial charge in [0.25, 0.3) is 5.69 Å². The van der Waals surface area contributed by atoms with Crippen LogP contribution in [-0.2, 0) is 4.79 Å². The van der Waals surface area contributed by atoms with Crippen molar-refractivity contribution in [3.8, 4) is 0 Å². The van der Waals surface area contributed by atoms with Crippen LogP contribution in [0.1, 0.15) is 19.8 Å². The van der Waals surface area contributed by atoms with Crippen molar-refractivity contribution in [3.63, 3.8) is 0 Å². The lowest BCUT2D eigenvalue weighted by Crippen LogP contribution is -2.47. The van der Waals surface area contributed by atoms with Gasteiger partial charge in [-0.05, 0) is 32.4 Å². The Hall–Kier alpha value is -1.95. The maximum atomic E-state index is 12.1. The Morgan fingerprint density at radius 1 is 1.56 bits per heavy atom. The molecule has 1 aliphatic heterocycles. The van der Waals surface area contributed by atoms with Crippen molar-refractivity contribution in [2.24, 2.45) is 0 Å². The molecule has 1 unspecified atom stereocenters. The Balaban J connectivity index is 2.11. The zero-order chi connectivity index (χ0) is 13.2. The minimum atomic E-state index is -0.579. The van der Waals surface area contributed by atoms with E-state index in [0.29, 0.717) is 5.69 Å². The van der Waals surface area contributed by atoms with Crippen LogP contribution >= 0.6 is 0 Å². The first-order chi connectivity index (χ1) is 8.51. The number of hydrogen-bond acceptors (Lipinski definition) is 4. The van der Waals surface area contributed by atoms with Crippen LogP contribution in [0.4, 0.5) is 11.4 Å². The van der Waals surface area contributed by atoms with Crippen LogP contribution in [0.5, 0.6) is 0 Å². The Labute approximate surface area is 105 Å². The van der Waals surface area contributed by atoms with Gasteiger partial charge in [-0.15, -0.1) is 0 Å². The molecule has 1 heterocycles. The van der Waals surface area contributed by atoms with Crippen molar-refractivity contribution in [2.75, 3.05) is 11.9 Å². The summed E-state index contributed by atoms with van der Waals surface area (Å²) in [5.74, 6) is -0.152. The largest absolute Gasteiger partial charge is 0.324 e. The molecule has 2 rings (SSSR count). The van der Waals surface area contributed by atoms with Crippen molar-refractivity contribution in [1.29, 1.82) is 0 Å². The number of anilines is 1. The van der Waals surface area contributed by atoms with E-state index in [2.05, 4.69) is 10.6 Å². The topological polar surface area (TPSA) is 84.3 Å². The lowest BCUT2D eigenvalue weighted by molar-refractivity contribution is -0.384. The first-order valence-corrected chi connectivity index (χ1v) is 5.82. The number of carbonyl (C=O) groups is 1. The summed E-state index contributed by atoms with van der Waals surface area (Å²) in [7, 11) is 0. The first-order valence-electron chi connectivity index (χ1n) is 5.82. The van der Waals surface area contributed by atoms with Gasteiger partial charge < -0.3 is 10.6 Å². The molecule has 1 aromatic carbocycles. The molecule has 1 saturated heterocycles. The molecule has 1 aliphatic rings. The molecule has 0 radical (unpaired) electrons. The maximum absolute atomic E-state index is 12.1. The van der Waals surface area contributed by atoms with Gasteiger partial charge in [-0.25, -0.2) is 0 Å². The summed E-state index contributed by atoms with van der Waals surface area (Å²) in [6.45, 7) is 2.66. The number of carbonyl (C=O) groups excluding carboxylic acids is 1. The summed E-state index contributed by atoms with van der Waals surface area (Å²) in [4.78, 5) is 22.2. The highest BCUT2D eigenvalue weighted by Gasteiger charge is 2.35. The van der Waals surface area contributed by atoms with Gasteiger partial charge in [0.15, 0.2) is 0 Å². The summed E-state index contributed by atoms with van der Waals surface area (Å²) in [5, 5.41) is 16.5. The van der Waals surface area contributed by atoms with Crippen LogP contribution in [0.2, 0.25) is 0 Å². The third-order valence-corrected chi connectivity index (χ3v) is 3.18. The van der Waals surface area contributed by atoms with Crippen LogP contribution in [0.15, 0.2) is 24.3 Å². The summed E-state index contributed by atoms with van der Waals surface area (Å²) in [6, 6.07) is 5.95. The molecular formula is C12H15N3O3. The lowest BCUT2D eigenvalue weighted by atomic mass is 9.99. The van der Waals surface area contributed by atoms with Gasteiger partial charge in [0, 0.05) is 17.8 Å². The van der Waals surface area contributed by atoms with E-state index in [-0.39, 0.29) is 11.6 Å². The van der Waals surface area contributed by atoms with E-state index in [0.717, 1.165) is 19.4 Å². The summed E-state index contributed by atoms with van der Waals surface area (Å²) in [6.07, 6.45) is 1.73. The van der Waals surface area contributed by atoms with E-state index in [1.54, 1.807) is 12.1 Å². The zero-order valence-corrected chi connectivity index (χ0v) is 10.1. The molecule has 6 nitrogen and oxygen atoms in total. The Bertz CT molecular complexity index is 481. The highest BCUT2D eigenvalue weighted by Crippen LogP contribution is 2.22. The molecule has 0 spiro atoms. The number of benzene rings is 1. The van der Waals surface area contributed by atoms with Crippen LogP contribution in [0.3, 0.4) is 0 Å². The zero-order valence-electron chi connectivity index (χ0n) is 10.1. The predicted molar refractivity (Wildman–Crippen MR) is 67.4 cm³/mol. The third-order valence-electron chi connectivity index (χ3n) is 3.18. The third kappa shape index (κ3) is 2.48. The van der Waals surface area contributed by atoms with Gasteiger partial charge >= 0.3 is 0 Å². The fourth-order valence-electron chi connectivity index (χ4n) is 2.05. The molecule has 0 aliphatic carbocycles. The van der Waals surface area contributed by atoms with Crippen LogP contribution in [0, 0.1) is 10.1 Å². The van der Waals surface area contributed by atoms with E-state index in [1.807, 2.05) is 6.92 Å². The number of nitrogens with zero attached hydrogens (tertiary/aromatic N) is 1. The highest BCUT2D eigenvalue weighted by atomic mass is 16.6. The highest BCUT2D eigenvalue weighted by molar-refractivity contribution is 5.98. The second-order valence-electron chi connectivity index (χ2n) is 4.62. The van der Waals surface area contributed by atoms with Gasteiger partial charge in [0.05, 0.1) is 10.5 Å². The normalized spacial score (nSPS) is 22.7. The van der Waals surface area contributed by atoms with Crippen molar-refractivity contribution < 1.29 is 9.72 Å². The average molecular weight is 249 g/mol. The Morgan fingerprint density at radius 2 is 2.33 bits per heavy atom. The van der Waals surface area contributed by atoms with Gasteiger partial charge in [-0.3, -0.25) is 14.9 Å². The van der Waals surface area contributed by atoms with Gasteiger partial charge in [-0.1, -0.05) is 6.07 Å². The first kappa shape index (κ1) is 12.5. The molecule has 1 amide bonds. The van der Waals surface area contributed by atoms with Crippen LogP contribution in [0.25, 0.3) is 0 Å². The predicted octanol–water partition coefficient (Wildman–Crippen LogP) is 1.68. The van der Waals surface area contributed by atoms with Crippen LogP contribution in [-0.4, -0.2) is 22.9 Å². The van der Waals surface area contributed by atoms with Gasteiger partial charge in [0.2, 0.25) is 5.91 Å². The van der Waals surface area contributed by atoms with E-state index >= 15 is 0 Å². The van der Waals surface area contributed by atoms with Crippen molar-refractivity contribution in [1.82, 2.24) is 5.32 Å². The van der Waals surface area contributed by atoms with E-state index in [9.17, 15) is 14.9 Å². The second-order valence-corrected chi connectivity index (χ2v) is 4.62. The minimum Gasteiger partial charge on any atom is -0.324 e. The Morgan fingerprint density at radius 3 is 2.94 bits per heavy atom. The molecule has 0 saturated carbocycles. The number of nitro groups is 1. The smallest absolute Gasteiger partial charge is 0.271 e. The standard InChI is InChI=1S/C12H15N3O3/c1-12(6-3-7-13-12)11(16)14-9-4-2-5-10(8-9)15(17)18/h2,4-5,8,13H,3,6-7H2,1H3,(H,14,16). The average Bonchev–Trinajstić information content (AvgIpc) is 2.78. The van der Waals surface area contributed by atoms with Gasteiger partial charge in [0.1, 0.15) is 0 Å². The maximum Gasteiger partial charge on any atom is 0.271 e. The molecule has 18 heavy (non-hydrogen) atoms. The number of hydrogen-bond donors (Lipinski definition) is 2. The SMILES string of the molecule is CC1(C(=O)Nc2cccc([N+](=O)[O-])c2)CCCN1. The molecular weight excluding hydrogens is 234 g/mol. The van der Waals surface area contributed by atoms with Crippen molar-refractivity contribution in [2.45, 2.75) is 25.3 Å². The molecule has 0 bridgehead atoms. The molecule has 1 atom stereocenters. The number of nitro benzene ring substituents is 1. The number of rotatable bonds is 3. The second kappa shape index (κ2) is 4.73. The van der Waals surface area contributed by atoms with Gasteiger partial charge in [-0.2, -0.15) is 0 Å². The van der Waals surface area contributed by atoms with E-state index < -0.39 is 10.5 Å². The Kier molecular flexibility index (Phi) is 3.29. The number of nitrogens with one attached hydrogen (secondary N) is 2.